The Morgan fingerprint density at radius 1 is 1.44 bits per heavy atom. The SMILES string of the molecule is CCCNc1ccccc1C(=O)N(C)C(C)CO. The Morgan fingerprint density at radius 3 is 2.72 bits per heavy atom. The first kappa shape index (κ1) is 14.5. The maximum Gasteiger partial charge on any atom is 0.256 e. The van der Waals surface area contributed by atoms with Gasteiger partial charge in [-0.3, -0.25) is 4.79 Å². The van der Waals surface area contributed by atoms with Gasteiger partial charge in [-0.05, 0) is 25.5 Å². The maximum atomic E-state index is 12.3. The van der Waals surface area contributed by atoms with Crippen molar-refractivity contribution in [3.05, 3.63) is 29.8 Å². The van der Waals surface area contributed by atoms with Crippen molar-refractivity contribution < 1.29 is 9.90 Å². The molecule has 1 amide bonds. The van der Waals surface area contributed by atoms with Crippen molar-refractivity contribution in [3.63, 3.8) is 0 Å². The predicted octanol–water partition coefficient (Wildman–Crippen LogP) is 1.96. The summed E-state index contributed by atoms with van der Waals surface area (Å²) < 4.78 is 0. The third kappa shape index (κ3) is 3.47. The van der Waals surface area contributed by atoms with E-state index in [0.717, 1.165) is 18.7 Å². The van der Waals surface area contributed by atoms with E-state index in [4.69, 9.17) is 5.11 Å². The number of aliphatic hydroxyl groups is 1. The predicted molar refractivity (Wildman–Crippen MR) is 73.9 cm³/mol. The summed E-state index contributed by atoms with van der Waals surface area (Å²) in [5, 5.41) is 12.3. The first-order valence-electron chi connectivity index (χ1n) is 6.32. The van der Waals surface area contributed by atoms with E-state index in [1.807, 2.05) is 25.1 Å². The second-order valence-corrected chi connectivity index (χ2v) is 4.42. The van der Waals surface area contributed by atoms with Gasteiger partial charge in [-0.25, -0.2) is 0 Å². The monoisotopic (exact) mass is 250 g/mol. The summed E-state index contributed by atoms with van der Waals surface area (Å²) in [7, 11) is 1.71. The smallest absolute Gasteiger partial charge is 0.256 e. The van der Waals surface area contributed by atoms with Crippen LogP contribution < -0.4 is 5.32 Å². The molecule has 4 nitrogen and oxygen atoms in total. The minimum atomic E-state index is -0.184. The number of aliphatic hydroxyl groups excluding tert-OH is 1. The normalized spacial score (nSPS) is 12.0. The van der Waals surface area contributed by atoms with Crippen molar-refractivity contribution in [2.75, 3.05) is 25.5 Å². The van der Waals surface area contributed by atoms with Crippen molar-refractivity contribution >= 4 is 11.6 Å². The number of nitrogens with zero attached hydrogens (tertiary/aromatic N) is 1. The molecule has 1 unspecified atom stereocenters. The van der Waals surface area contributed by atoms with Gasteiger partial charge in [0.25, 0.3) is 5.91 Å². The fourth-order valence-corrected chi connectivity index (χ4v) is 1.60. The van der Waals surface area contributed by atoms with Crippen LogP contribution in [0.4, 0.5) is 5.69 Å². The molecule has 0 aromatic heterocycles. The van der Waals surface area contributed by atoms with E-state index < -0.39 is 0 Å². The largest absolute Gasteiger partial charge is 0.394 e. The van der Waals surface area contributed by atoms with Crippen LogP contribution in [0.1, 0.15) is 30.6 Å². The zero-order valence-corrected chi connectivity index (χ0v) is 11.3. The molecule has 100 valence electrons. The van der Waals surface area contributed by atoms with Gasteiger partial charge < -0.3 is 15.3 Å². The summed E-state index contributed by atoms with van der Waals surface area (Å²) in [4.78, 5) is 13.9. The molecule has 0 saturated carbocycles. The molecule has 0 spiro atoms. The molecule has 4 heteroatoms. The molecule has 0 aliphatic carbocycles. The van der Waals surface area contributed by atoms with Crippen LogP contribution in [0.25, 0.3) is 0 Å². The van der Waals surface area contributed by atoms with E-state index in [0.29, 0.717) is 5.56 Å². The fourth-order valence-electron chi connectivity index (χ4n) is 1.60. The molecule has 2 N–H and O–H groups in total. The minimum Gasteiger partial charge on any atom is -0.394 e. The van der Waals surface area contributed by atoms with Crippen molar-refractivity contribution in [2.24, 2.45) is 0 Å². The Hall–Kier alpha value is -1.55. The average molecular weight is 250 g/mol. The summed E-state index contributed by atoms with van der Waals surface area (Å²) in [6, 6.07) is 7.28. The van der Waals surface area contributed by atoms with Crippen LogP contribution in [0.5, 0.6) is 0 Å². The van der Waals surface area contributed by atoms with Crippen LogP contribution >= 0.6 is 0 Å². The van der Waals surface area contributed by atoms with Crippen LogP contribution in [-0.4, -0.2) is 42.2 Å². The third-order valence-corrected chi connectivity index (χ3v) is 2.97. The molecule has 1 aromatic carbocycles. The number of likely N-dealkylation sites (N-methyl/N-ethyl adjacent to an activating group) is 1. The van der Waals surface area contributed by atoms with E-state index in [1.165, 1.54) is 0 Å². The van der Waals surface area contributed by atoms with Gasteiger partial charge in [0.2, 0.25) is 0 Å². The molecular weight excluding hydrogens is 228 g/mol. The second kappa shape index (κ2) is 7.01. The number of hydrogen-bond acceptors (Lipinski definition) is 3. The van der Waals surface area contributed by atoms with Crippen molar-refractivity contribution in [2.45, 2.75) is 26.3 Å². The van der Waals surface area contributed by atoms with E-state index in [2.05, 4.69) is 12.2 Å². The molecule has 0 heterocycles. The summed E-state index contributed by atoms with van der Waals surface area (Å²) in [5.74, 6) is -0.0734. The van der Waals surface area contributed by atoms with E-state index >= 15 is 0 Å². The molecule has 18 heavy (non-hydrogen) atoms. The number of benzene rings is 1. The summed E-state index contributed by atoms with van der Waals surface area (Å²) in [5.41, 5.74) is 1.50. The molecule has 0 fully saturated rings. The third-order valence-electron chi connectivity index (χ3n) is 2.97. The lowest BCUT2D eigenvalue weighted by atomic mass is 10.1. The average Bonchev–Trinajstić information content (AvgIpc) is 2.42. The van der Waals surface area contributed by atoms with Gasteiger partial charge in [0.05, 0.1) is 18.2 Å². The Balaban J connectivity index is 2.90. The maximum absolute atomic E-state index is 12.3. The van der Waals surface area contributed by atoms with E-state index in [1.54, 1.807) is 18.0 Å². The van der Waals surface area contributed by atoms with Gasteiger partial charge in [-0.15, -0.1) is 0 Å². The topological polar surface area (TPSA) is 52.6 Å². The van der Waals surface area contributed by atoms with E-state index in [-0.39, 0.29) is 18.6 Å². The van der Waals surface area contributed by atoms with Gasteiger partial charge in [-0.1, -0.05) is 19.1 Å². The van der Waals surface area contributed by atoms with Crippen molar-refractivity contribution in [3.8, 4) is 0 Å². The molecule has 1 atom stereocenters. The first-order chi connectivity index (χ1) is 8.61. The zero-order chi connectivity index (χ0) is 13.5. The molecule has 0 saturated heterocycles. The minimum absolute atomic E-state index is 0.0349. The second-order valence-electron chi connectivity index (χ2n) is 4.42. The highest BCUT2D eigenvalue weighted by Gasteiger charge is 2.19. The summed E-state index contributed by atoms with van der Waals surface area (Å²) in [6.07, 6.45) is 1.01. The Morgan fingerprint density at radius 2 is 2.11 bits per heavy atom. The van der Waals surface area contributed by atoms with Gasteiger partial charge >= 0.3 is 0 Å². The lowest BCUT2D eigenvalue weighted by Gasteiger charge is -2.24. The lowest BCUT2D eigenvalue weighted by Crippen LogP contribution is -2.37. The lowest BCUT2D eigenvalue weighted by molar-refractivity contribution is 0.0683. The van der Waals surface area contributed by atoms with Gasteiger partial charge in [0.15, 0.2) is 0 Å². The molecule has 0 aliphatic rings. The van der Waals surface area contributed by atoms with Gasteiger partial charge in [0.1, 0.15) is 0 Å². The number of carbonyl (C=O) groups is 1. The molecule has 0 bridgehead atoms. The highest BCUT2D eigenvalue weighted by atomic mass is 16.3. The molecule has 1 aromatic rings. The molecule has 0 aliphatic heterocycles. The van der Waals surface area contributed by atoms with Gasteiger partial charge in [0, 0.05) is 19.3 Å². The van der Waals surface area contributed by atoms with Crippen molar-refractivity contribution in [1.82, 2.24) is 4.90 Å². The number of hydrogen-bond donors (Lipinski definition) is 2. The summed E-state index contributed by atoms with van der Waals surface area (Å²) in [6.45, 7) is 4.70. The van der Waals surface area contributed by atoms with Crippen LogP contribution in [0.2, 0.25) is 0 Å². The van der Waals surface area contributed by atoms with Gasteiger partial charge in [-0.2, -0.15) is 0 Å². The van der Waals surface area contributed by atoms with Crippen LogP contribution in [0.15, 0.2) is 24.3 Å². The number of amides is 1. The quantitative estimate of drug-likeness (QED) is 0.811. The summed E-state index contributed by atoms with van der Waals surface area (Å²) >= 11 is 0. The Kier molecular flexibility index (Phi) is 5.65. The number of carbonyl (C=O) groups excluding carboxylic acids is 1. The zero-order valence-electron chi connectivity index (χ0n) is 11.3. The number of nitrogens with one attached hydrogen (secondary N) is 1. The molecule has 1 rings (SSSR count). The Bertz CT molecular complexity index is 393. The number of anilines is 1. The highest BCUT2D eigenvalue weighted by Crippen LogP contribution is 2.17. The number of para-hydroxylation sites is 1. The van der Waals surface area contributed by atoms with Crippen LogP contribution in [0.3, 0.4) is 0 Å². The van der Waals surface area contributed by atoms with Crippen LogP contribution in [0, 0.1) is 0 Å². The molecule has 0 radical (unpaired) electrons. The van der Waals surface area contributed by atoms with E-state index in [9.17, 15) is 4.79 Å². The number of rotatable bonds is 6. The van der Waals surface area contributed by atoms with Crippen LogP contribution in [-0.2, 0) is 0 Å². The first-order valence-corrected chi connectivity index (χ1v) is 6.32. The Labute approximate surface area is 109 Å². The fraction of sp³-hybridized carbons (Fsp3) is 0.500. The highest BCUT2D eigenvalue weighted by molar-refractivity contribution is 5.99. The molecular formula is C14H22N2O2. The standard InChI is InChI=1S/C14H22N2O2/c1-4-9-15-13-8-6-5-7-12(13)14(18)16(3)11(2)10-17/h5-8,11,15,17H,4,9-10H2,1-3H3. The van der Waals surface area contributed by atoms with Crippen molar-refractivity contribution in [1.29, 1.82) is 0 Å².